The fraction of sp³-hybridized carbons (Fsp3) is 0.857. The number of nitrogens with one attached hydrogen (secondary N) is 3. The first-order chi connectivity index (χ1) is 9.20. The highest BCUT2D eigenvalue weighted by molar-refractivity contribution is 5.76. The van der Waals surface area contributed by atoms with Gasteiger partial charge >= 0.3 is 0 Å². The molecule has 0 aliphatic heterocycles. The quantitative estimate of drug-likeness (QED) is 0.477. The highest BCUT2D eigenvalue weighted by atomic mass is 16.2. The minimum absolute atomic E-state index is 0. The summed E-state index contributed by atoms with van der Waals surface area (Å²) in [5.41, 5.74) is 0. The van der Waals surface area contributed by atoms with Crippen molar-refractivity contribution in [3.05, 3.63) is 0 Å². The van der Waals surface area contributed by atoms with Crippen LogP contribution in [0.2, 0.25) is 0 Å². The van der Waals surface area contributed by atoms with Gasteiger partial charge in [0.05, 0.1) is 0 Å². The molecule has 0 rings (SSSR count). The minimum atomic E-state index is 0. The van der Waals surface area contributed by atoms with Crippen LogP contribution in [0, 0.1) is 0 Å². The van der Waals surface area contributed by atoms with Gasteiger partial charge < -0.3 is 16.0 Å². The van der Waals surface area contributed by atoms with Crippen molar-refractivity contribution in [2.75, 3.05) is 26.2 Å². The normalized spacial score (nSPS) is 10.2. The molecule has 0 aromatic heterocycles. The van der Waals surface area contributed by atoms with Gasteiger partial charge in [0, 0.05) is 30.2 Å². The van der Waals surface area contributed by atoms with Crippen molar-refractivity contribution >= 4 is 11.8 Å². The van der Waals surface area contributed by atoms with Gasteiger partial charge in [-0.3, -0.25) is 9.59 Å². The average Bonchev–Trinajstić information content (AvgIpc) is 2.38. The zero-order chi connectivity index (χ0) is 14.3. The second kappa shape index (κ2) is 13.3. The summed E-state index contributed by atoms with van der Waals surface area (Å²) in [6, 6.07) is 0. The molecule has 5 heteroatoms. The Morgan fingerprint density at radius 1 is 0.842 bits per heavy atom. The number of hydrogen-bond acceptors (Lipinski definition) is 3. The zero-order valence-electron chi connectivity index (χ0n) is 12.4. The van der Waals surface area contributed by atoms with E-state index >= 15 is 0 Å². The molecule has 0 aromatic carbocycles. The highest BCUT2D eigenvalue weighted by Gasteiger charge is 2.01. The largest absolute Gasteiger partial charge is 0.356 e. The van der Waals surface area contributed by atoms with Crippen molar-refractivity contribution in [2.24, 2.45) is 0 Å². The summed E-state index contributed by atoms with van der Waals surface area (Å²) in [6.07, 6.45) is 4.66. The van der Waals surface area contributed by atoms with Crippen LogP contribution in [0.15, 0.2) is 0 Å². The lowest BCUT2D eigenvalue weighted by Gasteiger charge is -2.06. The van der Waals surface area contributed by atoms with Gasteiger partial charge in [-0.25, -0.2) is 0 Å². The Morgan fingerprint density at radius 2 is 1.47 bits per heavy atom. The summed E-state index contributed by atoms with van der Waals surface area (Å²) in [5, 5.41) is 8.95. The maximum absolute atomic E-state index is 11.5. The van der Waals surface area contributed by atoms with E-state index in [4.69, 9.17) is 0 Å². The van der Waals surface area contributed by atoms with Crippen molar-refractivity contribution in [3.8, 4) is 0 Å². The van der Waals surface area contributed by atoms with E-state index in [2.05, 4.69) is 22.9 Å². The van der Waals surface area contributed by atoms with Gasteiger partial charge in [-0.05, 0) is 38.8 Å². The highest BCUT2D eigenvalue weighted by Crippen LogP contribution is 1.95. The lowest BCUT2D eigenvalue weighted by atomic mass is 10.2. The summed E-state index contributed by atoms with van der Waals surface area (Å²) < 4.78 is 0. The fourth-order valence-electron chi connectivity index (χ4n) is 1.66. The smallest absolute Gasteiger partial charge is 0.219 e. The third-order valence-electron chi connectivity index (χ3n) is 2.73. The van der Waals surface area contributed by atoms with E-state index in [0.717, 1.165) is 45.3 Å². The molecule has 0 aromatic rings. The lowest BCUT2D eigenvalue weighted by molar-refractivity contribution is -0.121. The zero-order valence-corrected chi connectivity index (χ0v) is 12.4. The number of carbonyl (C=O) groups excluding carboxylic acids is 2. The number of unbranched alkanes of at least 4 members (excludes halogenated alkanes) is 1. The van der Waals surface area contributed by atoms with E-state index < -0.39 is 0 Å². The molecule has 0 unspecified atom stereocenters. The molecular formula is C14H35N3O2. The standard InChI is InChI=1S/C14H29N3O2.3H2/c1-3-8-13(18)16-11-6-5-9-14(19)17-12-7-10-15-4-2;;;/h15H,3-12H2,1-2H3,(H,16,18)(H,17,19);3*1H. The van der Waals surface area contributed by atoms with E-state index in [1.54, 1.807) is 0 Å². The summed E-state index contributed by atoms with van der Waals surface area (Å²) in [6.45, 7) is 7.38. The van der Waals surface area contributed by atoms with Crippen LogP contribution in [0.1, 0.15) is 56.7 Å². The van der Waals surface area contributed by atoms with Crippen molar-refractivity contribution in [3.63, 3.8) is 0 Å². The van der Waals surface area contributed by atoms with Crippen LogP contribution in [0.5, 0.6) is 0 Å². The molecule has 118 valence electrons. The Balaban J connectivity index is -0.000000540. The molecule has 0 saturated carbocycles. The van der Waals surface area contributed by atoms with Crippen molar-refractivity contribution in [1.29, 1.82) is 0 Å². The topological polar surface area (TPSA) is 70.2 Å². The Morgan fingerprint density at radius 3 is 2.11 bits per heavy atom. The van der Waals surface area contributed by atoms with Crippen LogP contribution in [0.3, 0.4) is 0 Å². The monoisotopic (exact) mass is 277 g/mol. The molecular weight excluding hydrogens is 242 g/mol. The average molecular weight is 277 g/mol. The van der Waals surface area contributed by atoms with E-state index in [-0.39, 0.29) is 16.1 Å². The fourth-order valence-corrected chi connectivity index (χ4v) is 1.66. The molecule has 19 heavy (non-hydrogen) atoms. The van der Waals surface area contributed by atoms with Crippen molar-refractivity contribution < 1.29 is 13.9 Å². The molecule has 0 aliphatic rings. The van der Waals surface area contributed by atoms with Gasteiger partial charge in [-0.15, -0.1) is 0 Å². The molecule has 0 aliphatic carbocycles. The molecule has 5 nitrogen and oxygen atoms in total. The molecule has 0 radical (unpaired) electrons. The van der Waals surface area contributed by atoms with Crippen LogP contribution < -0.4 is 16.0 Å². The first-order valence-corrected chi connectivity index (χ1v) is 7.44. The van der Waals surface area contributed by atoms with Gasteiger partial charge in [0.15, 0.2) is 0 Å². The van der Waals surface area contributed by atoms with E-state index in [9.17, 15) is 9.59 Å². The molecule has 3 N–H and O–H groups in total. The molecule has 0 bridgehead atoms. The van der Waals surface area contributed by atoms with Crippen LogP contribution in [-0.2, 0) is 9.59 Å². The Hall–Kier alpha value is -1.10. The summed E-state index contributed by atoms with van der Waals surface area (Å²) >= 11 is 0. The predicted molar refractivity (Wildman–Crippen MR) is 84.3 cm³/mol. The first-order valence-electron chi connectivity index (χ1n) is 7.44. The third-order valence-corrected chi connectivity index (χ3v) is 2.73. The molecule has 0 heterocycles. The molecule has 2 amide bonds. The molecule has 0 spiro atoms. The predicted octanol–water partition coefficient (Wildman–Crippen LogP) is 1.93. The minimum Gasteiger partial charge on any atom is -0.356 e. The lowest BCUT2D eigenvalue weighted by Crippen LogP contribution is -2.27. The second-order valence-corrected chi connectivity index (χ2v) is 4.61. The van der Waals surface area contributed by atoms with Crippen molar-refractivity contribution in [2.45, 2.75) is 52.4 Å². The number of carbonyl (C=O) groups is 2. The van der Waals surface area contributed by atoms with Gasteiger partial charge in [0.25, 0.3) is 0 Å². The van der Waals surface area contributed by atoms with Crippen LogP contribution in [0.25, 0.3) is 0 Å². The number of amides is 2. The molecule has 0 fully saturated rings. The second-order valence-electron chi connectivity index (χ2n) is 4.61. The molecule has 0 atom stereocenters. The van der Waals surface area contributed by atoms with Crippen LogP contribution >= 0.6 is 0 Å². The van der Waals surface area contributed by atoms with E-state index in [1.165, 1.54) is 0 Å². The number of hydrogen-bond donors (Lipinski definition) is 3. The van der Waals surface area contributed by atoms with Gasteiger partial charge in [-0.1, -0.05) is 13.8 Å². The Bertz CT molecular complexity index is 257. The van der Waals surface area contributed by atoms with Gasteiger partial charge in [-0.2, -0.15) is 0 Å². The SMILES string of the molecule is CCCC(=O)NCCCCC(=O)NCCCNCC.[HH].[HH].[HH]. The molecule has 0 saturated heterocycles. The van der Waals surface area contributed by atoms with Crippen molar-refractivity contribution in [1.82, 2.24) is 16.0 Å². The van der Waals surface area contributed by atoms with Gasteiger partial charge in [0.1, 0.15) is 0 Å². The first kappa shape index (κ1) is 17.9. The Labute approximate surface area is 121 Å². The maximum atomic E-state index is 11.5. The van der Waals surface area contributed by atoms with E-state index in [1.807, 2.05) is 6.92 Å². The van der Waals surface area contributed by atoms with Crippen LogP contribution in [-0.4, -0.2) is 38.0 Å². The summed E-state index contributed by atoms with van der Waals surface area (Å²) in [5.74, 6) is 0.215. The summed E-state index contributed by atoms with van der Waals surface area (Å²) in [4.78, 5) is 22.6. The number of rotatable bonds is 12. The van der Waals surface area contributed by atoms with Crippen LogP contribution in [0.4, 0.5) is 0 Å². The van der Waals surface area contributed by atoms with E-state index in [0.29, 0.717) is 19.4 Å². The third kappa shape index (κ3) is 13.1. The maximum Gasteiger partial charge on any atom is 0.219 e. The summed E-state index contributed by atoms with van der Waals surface area (Å²) in [7, 11) is 0. The Kier molecular flexibility index (Phi) is 12.6. The van der Waals surface area contributed by atoms with Gasteiger partial charge in [0.2, 0.25) is 11.8 Å².